The number of aliphatic hydroxyl groups excluding tert-OH is 1. The predicted molar refractivity (Wildman–Crippen MR) is 86.2 cm³/mol. The van der Waals surface area contributed by atoms with Gasteiger partial charge in [0.1, 0.15) is 5.82 Å². The number of anilines is 1. The van der Waals surface area contributed by atoms with E-state index in [1.54, 1.807) is 6.07 Å². The molecule has 128 valence electrons. The minimum Gasteiger partial charge on any atom is -0.396 e. The van der Waals surface area contributed by atoms with E-state index >= 15 is 0 Å². The van der Waals surface area contributed by atoms with E-state index in [-0.39, 0.29) is 23.9 Å². The fourth-order valence-electron chi connectivity index (χ4n) is 2.98. The monoisotopic (exact) mass is 324 g/mol. The van der Waals surface area contributed by atoms with E-state index in [2.05, 4.69) is 5.32 Å². The molecule has 2 aliphatic rings. The molecule has 1 atom stereocenters. The maximum absolute atomic E-state index is 14.4. The molecule has 0 radical (unpaired) electrons. The van der Waals surface area contributed by atoms with Crippen molar-refractivity contribution in [3.8, 4) is 0 Å². The van der Waals surface area contributed by atoms with Crippen LogP contribution in [0.3, 0.4) is 0 Å². The summed E-state index contributed by atoms with van der Waals surface area (Å²) in [6.45, 7) is 6.67. The number of morpholine rings is 1. The third kappa shape index (κ3) is 3.66. The van der Waals surface area contributed by atoms with E-state index in [1.807, 2.05) is 24.0 Å². The Hall–Kier alpha value is -1.21. The highest BCUT2D eigenvalue weighted by Gasteiger charge is 2.38. The minimum absolute atomic E-state index is 0.0206. The summed E-state index contributed by atoms with van der Waals surface area (Å²) < 4.78 is 24.9. The van der Waals surface area contributed by atoms with Gasteiger partial charge in [0.25, 0.3) is 0 Å². The molecule has 0 aromatic heterocycles. The maximum Gasteiger partial charge on any atom is 0.146 e. The van der Waals surface area contributed by atoms with Crippen molar-refractivity contribution in [2.24, 2.45) is 5.41 Å². The Morgan fingerprint density at radius 1 is 1.30 bits per heavy atom. The molecule has 5 nitrogen and oxygen atoms in total. The molecule has 2 fully saturated rings. The summed E-state index contributed by atoms with van der Waals surface area (Å²) >= 11 is 0. The molecule has 6 heteroatoms. The van der Waals surface area contributed by atoms with Crippen LogP contribution in [0.5, 0.6) is 0 Å². The number of nitrogens with zero attached hydrogens (tertiary/aromatic N) is 1. The highest BCUT2D eigenvalue weighted by atomic mass is 19.1. The lowest BCUT2D eigenvalue weighted by atomic mass is 9.86. The molecule has 0 amide bonds. The van der Waals surface area contributed by atoms with Crippen LogP contribution in [0.15, 0.2) is 18.2 Å². The highest BCUT2D eigenvalue weighted by Crippen LogP contribution is 2.28. The third-order valence-electron chi connectivity index (χ3n) is 4.76. The highest BCUT2D eigenvalue weighted by molar-refractivity contribution is 5.49. The molecule has 1 aromatic rings. The van der Waals surface area contributed by atoms with Crippen molar-refractivity contribution in [1.82, 2.24) is 5.32 Å². The molecule has 3 rings (SSSR count). The summed E-state index contributed by atoms with van der Waals surface area (Å²) in [5.74, 6) is -0.193. The maximum atomic E-state index is 14.4. The average Bonchev–Trinajstić information content (AvgIpc) is 2.54. The van der Waals surface area contributed by atoms with Crippen LogP contribution in [0.4, 0.5) is 10.1 Å². The Morgan fingerprint density at radius 2 is 2.04 bits per heavy atom. The molecule has 2 N–H and O–H groups in total. The van der Waals surface area contributed by atoms with Gasteiger partial charge in [-0.2, -0.15) is 0 Å². The van der Waals surface area contributed by atoms with Crippen molar-refractivity contribution in [3.05, 3.63) is 29.6 Å². The fourth-order valence-corrected chi connectivity index (χ4v) is 2.98. The zero-order valence-corrected chi connectivity index (χ0v) is 13.6. The smallest absolute Gasteiger partial charge is 0.146 e. The van der Waals surface area contributed by atoms with Gasteiger partial charge >= 0.3 is 0 Å². The molecule has 1 unspecified atom stereocenters. The van der Waals surface area contributed by atoms with E-state index in [4.69, 9.17) is 9.47 Å². The molecular weight excluding hydrogens is 299 g/mol. The first-order valence-electron chi connectivity index (χ1n) is 8.18. The first-order valence-corrected chi connectivity index (χ1v) is 8.18. The van der Waals surface area contributed by atoms with Gasteiger partial charge in [0.05, 0.1) is 44.1 Å². The van der Waals surface area contributed by atoms with Crippen LogP contribution < -0.4 is 10.2 Å². The van der Waals surface area contributed by atoms with E-state index in [9.17, 15) is 9.50 Å². The molecular formula is C17H25FN2O3. The second kappa shape index (κ2) is 7.13. The topological polar surface area (TPSA) is 54.0 Å². The Kier molecular flexibility index (Phi) is 5.16. The Morgan fingerprint density at radius 3 is 2.61 bits per heavy atom. The molecule has 0 saturated carbocycles. The minimum atomic E-state index is -0.193. The summed E-state index contributed by atoms with van der Waals surface area (Å²) in [5, 5.41) is 12.8. The normalized spacial score (nSPS) is 21.8. The van der Waals surface area contributed by atoms with E-state index in [0.717, 1.165) is 18.7 Å². The lowest BCUT2D eigenvalue weighted by molar-refractivity contribution is -0.135. The van der Waals surface area contributed by atoms with Gasteiger partial charge in [0.2, 0.25) is 0 Å². The molecule has 0 bridgehead atoms. The molecule has 0 aliphatic carbocycles. The van der Waals surface area contributed by atoms with Crippen LogP contribution in [0, 0.1) is 11.2 Å². The zero-order chi connectivity index (χ0) is 16.3. The Balaban J connectivity index is 1.62. The van der Waals surface area contributed by atoms with Crippen molar-refractivity contribution in [2.75, 3.05) is 57.6 Å². The van der Waals surface area contributed by atoms with Crippen LogP contribution in [0.1, 0.15) is 18.5 Å². The first kappa shape index (κ1) is 16.6. The summed E-state index contributed by atoms with van der Waals surface area (Å²) in [4.78, 5) is 2.02. The average molecular weight is 324 g/mol. The molecule has 1 aromatic carbocycles. The van der Waals surface area contributed by atoms with Crippen molar-refractivity contribution < 1.29 is 19.0 Å². The summed E-state index contributed by atoms with van der Waals surface area (Å²) in [6.07, 6.45) is 0. The summed E-state index contributed by atoms with van der Waals surface area (Å²) in [5.41, 5.74) is 1.37. The van der Waals surface area contributed by atoms with Gasteiger partial charge in [-0.3, -0.25) is 0 Å². The van der Waals surface area contributed by atoms with Crippen molar-refractivity contribution in [1.29, 1.82) is 0 Å². The largest absolute Gasteiger partial charge is 0.396 e. The van der Waals surface area contributed by atoms with Crippen LogP contribution in [-0.4, -0.2) is 57.8 Å². The Labute approximate surface area is 136 Å². The van der Waals surface area contributed by atoms with Gasteiger partial charge in [-0.15, -0.1) is 0 Å². The van der Waals surface area contributed by atoms with Crippen LogP contribution in [0.25, 0.3) is 0 Å². The van der Waals surface area contributed by atoms with Gasteiger partial charge < -0.3 is 24.8 Å². The number of rotatable bonds is 6. The van der Waals surface area contributed by atoms with E-state index in [1.165, 1.54) is 0 Å². The van der Waals surface area contributed by atoms with Crippen LogP contribution in [-0.2, 0) is 9.47 Å². The molecule has 2 saturated heterocycles. The van der Waals surface area contributed by atoms with E-state index in [0.29, 0.717) is 38.7 Å². The number of benzene rings is 1. The second-order valence-corrected chi connectivity index (χ2v) is 6.56. The predicted octanol–water partition coefficient (Wildman–Crippen LogP) is 1.32. The number of ether oxygens (including phenoxy) is 2. The number of aliphatic hydroxyl groups is 1. The molecule has 2 aliphatic heterocycles. The summed E-state index contributed by atoms with van der Waals surface area (Å²) in [7, 11) is 0. The van der Waals surface area contributed by atoms with Crippen molar-refractivity contribution >= 4 is 5.69 Å². The summed E-state index contributed by atoms with van der Waals surface area (Å²) in [6, 6.07) is 5.44. The van der Waals surface area contributed by atoms with Gasteiger partial charge in [-0.1, -0.05) is 6.07 Å². The van der Waals surface area contributed by atoms with Crippen LogP contribution >= 0.6 is 0 Å². The number of nitrogens with one attached hydrogen (secondary N) is 1. The fraction of sp³-hybridized carbons (Fsp3) is 0.647. The Bertz CT molecular complexity index is 525. The quantitative estimate of drug-likeness (QED) is 0.827. The van der Waals surface area contributed by atoms with Crippen molar-refractivity contribution in [3.63, 3.8) is 0 Å². The first-order chi connectivity index (χ1) is 11.1. The third-order valence-corrected chi connectivity index (χ3v) is 4.76. The van der Waals surface area contributed by atoms with Crippen LogP contribution in [0.2, 0.25) is 0 Å². The standard InChI is InChI=1S/C17H25FN2O3/c1-13(19-9-17(10-21)11-23-12-17)14-2-3-16(15(18)8-14)20-4-6-22-7-5-20/h2-3,8,13,19,21H,4-7,9-12H2,1H3. The number of hydrogen-bond donors (Lipinski definition) is 2. The number of hydrogen-bond acceptors (Lipinski definition) is 5. The van der Waals surface area contributed by atoms with Gasteiger partial charge in [0.15, 0.2) is 0 Å². The zero-order valence-electron chi connectivity index (χ0n) is 13.6. The van der Waals surface area contributed by atoms with Gasteiger partial charge in [-0.05, 0) is 24.6 Å². The molecule has 2 heterocycles. The molecule has 23 heavy (non-hydrogen) atoms. The SMILES string of the molecule is CC(NCC1(CO)COC1)c1ccc(N2CCOCC2)c(F)c1. The van der Waals surface area contributed by atoms with Gasteiger partial charge in [-0.25, -0.2) is 4.39 Å². The molecule has 0 spiro atoms. The number of halogens is 1. The second-order valence-electron chi connectivity index (χ2n) is 6.56. The lowest BCUT2D eigenvalue weighted by Gasteiger charge is -2.40. The van der Waals surface area contributed by atoms with Gasteiger partial charge in [0, 0.05) is 25.7 Å². The van der Waals surface area contributed by atoms with E-state index < -0.39 is 0 Å². The van der Waals surface area contributed by atoms with Crippen molar-refractivity contribution in [2.45, 2.75) is 13.0 Å². The lowest BCUT2D eigenvalue weighted by Crippen LogP contribution is -2.52.